The number of rotatable bonds is 5. The standard InChI is InChI=1S/C13H25NO3/c1-10(2)9-17-13(16)8-14-6-4-12(5-7-14)11(3)15/h10-12,15H,4-9H2,1-3H3. The zero-order chi connectivity index (χ0) is 12.8. The van der Waals surface area contributed by atoms with E-state index < -0.39 is 0 Å². The van der Waals surface area contributed by atoms with Crippen molar-refractivity contribution in [3.8, 4) is 0 Å². The van der Waals surface area contributed by atoms with Gasteiger partial charge in [0, 0.05) is 0 Å². The first-order valence-electron chi connectivity index (χ1n) is 6.55. The largest absolute Gasteiger partial charge is 0.464 e. The Bertz CT molecular complexity index is 233. The first kappa shape index (κ1) is 14.5. The third kappa shape index (κ3) is 5.50. The number of hydrogen-bond acceptors (Lipinski definition) is 4. The van der Waals surface area contributed by atoms with Gasteiger partial charge in [-0.05, 0) is 44.7 Å². The van der Waals surface area contributed by atoms with E-state index in [9.17, 15) is 9.90 Å². The van der Waals surface area contributed by atoms with E-state index in [2.05, 4.69) is 4.90 Å². The van der Waals surface area contributed by atoms with Crippen LogP contribution >= 0.6 is 0 Å². The van der Waals surface area contributed by atoms with E-state index in [0.29, 0.717) is 25.0 Å². The second kappa shape index (κ2) is 6.97. The van der Waals surface area contributed by atoms with Gasteiger partial charge < -0.3 is 9.84 Å². The lowest BCUT2D eigenvalue weighted by atomic mass is 9.92. The number of carbonyl (C=O) groups is 1. The average Bonchev–Trinajstić information content (AvgIpc) is 2.27. The van der Waals surface area contributed by atoms with Crippen molar-refractivity contribution in [3.63, 3.8) is 0 Å². The van der Waals surface area contributed by atoms with Gasteiger partial charge in [-0.1, -0.05) is 13.8 Å². The third-order valence-electron chi connectivity index (χ3n) is 3.24. The van der Waals surface area contributed by atoms with Gasteiger partial charge in [-0.2, -0.15) is 0 Å². The molecule has 0 amide bonds. The zero-order valence-electron chi connectivity index (χ0n) is 11.2. The lowest BCUT2D eigenvalue weighted by Crippen LogP contribution is -2.40. The van der Waals surface area contributed by atoms with Crippen LogP contribution in [0.5, 0.6) is 0 Å². The summed E-state index contributed by atoms with van der Waals surface area (Å²) in [6, 6.07) is 0. The highest BCUT2D eigenvalue weighted by atomic mass is 16.5. The van der Waals surface area contributed by atoms with Crippen molar-refractivity contribution >= 4 is 5.97 Å². The minimum atomic E-state index is -0.231. The maximum absolute atomic E-state index is 11.5. The smallest absolute Gasteiger partial charge is 0.320 e. The van der Waals surface area contributed by atoms with Crippen LogP contribution in [0.4, 0.5) is 0 Å². The van der Waals surface area contributed by atoms with Gasteiger partial charge in [-0.25, -0.2) is 0 Å². The molecule has 1 rings (SSSR count). The molecule has 0 saturated carbocycles. The number of hydrogen-bond donors (Lipinski definition) is 1. The Kier molecular flexibility index (Phi) is 5.92. The number of ether oxygens (including phenoxy) is 1. The highest BCUT2D eigenvalue weighted by molar-refractivity contribution is 5.71. The first-order chi connectivity index (χ1) is 7.99. The monoisotopic (exact) mass is 243 g/mol. The van der Waals surface area contributed by atoms with E-state index in [1.807, 2.05) is 20.8 Å². The summed E-state index contributed by atoms with van der Waals surface area (Å²) in [5.74, 6) is 0.645. The summed E-state index contributed by atoms with van der Waals surface area (Å²) in [6.45, 7) is 8.56. The minimum Gasteiger partial charge on any atom is -0.464 e. The number of piperidine rings is 1. The van der Waals surface area contributed by atoms with Crippen LogP contribution in [0.1, 0.15) is 33.6 Å². The molecule has 4 nitrogen and oxygen atoms in total. The molecule has 0 spiro atoms. The highest BCUT2D eigenvalue weighted by Gasteiger charge is 2.23. The van der Waals surface area contributed by atoms with Gasteiger partial charge in [0.05, 0.1) is 19.3 Å². The van der Waals surface area contributed by atoms with Gasteiger partial charge in [-0.15, -0.1) is 0 Å². The SMILES string of the molecule is CC(C)COC(=O)CN1CCC(C(C)O)CC1. The van der Waals surface area contributed by atoms with Gasteiger partial charge in [0.2, 0.25) is 0 Å². The highest BCUT2D eigenvalue weighted by Crippen LogP contribution is 2.20. The molecule has 1 atom stereocenters. The molecule has 4 heteroatoms. The molecule has 0 radical (unpaired) electrons. The number of likely N-dealkylation sites (tertiary alicyclic amines) is 1. The fourth-order valence-electron chi connectivity index (χ4n) is 2.08. The fraction of sp³-hybridized carbons (Fsp3) is 0.923. The molecule has 1 aliphatic heterocycles. The van der Waals surface area contributed by atoms with E-state index in [-0.39, 0.29) is 12.1 Å². The van der Waals surface area contributed by atoms with Gasteiger partial charge in [0.15, 0.2) is 0 Å². The van der Waals surface area contributed by atoms with Crippen LogP contribution in [0.15, 0.2) is 0 Å². The van der Waals surface area contributed by atoms with Gasteiger partial charge in [-0.3, -0.25) is 9.69 Å². The van der Waals surface area contributed by atoms with E-state index >= 15 is 0 Å². The van der Waals surface area contributed by atoms with Crippen LogP contribution < -0.4 is 0 Å². The normalized spacial score (nSPS) is 20.5. The quantitative estimate of drug-likeness (QED) is 0.739. The van der Waals surface area contributed by atoms with Crippen molar-refractivity contribution in [1.82, 2.24) is 4.90 Å². The Hall–Kier alpha value is -0.610. The van der Waals surface area contributed by atoms with E-state index in [1.165, 1.54) is 0 Å². The summed E-state index contributed by atoms with van der Waals surface area (Å²) in [5.41, 5.74) is 0. The van der Waals surface area contributed by atoms with Crippen LogP contribution in [0.25, 0.3) is 0 Å². The zero-order valence-corrected chi connectivity index (χ0v) is 11.2. The molecule has 1 aliphatic rings. The molecule has 1 N–H and O–H groups in total. The molecule has 1 saturated heterocycles. The number of carbonyl (C=O) groups excluding carboxylic acids is 1. The maximum atomic E-state index is 11.5. The predicted molar refractivity (Wildman–Crippen MR) is 66.6 cm³/mol. The molecule has 0 aliphatic carbocycles. The molecule has 0 aromatic heterocycles. The minimum absolute atomic E-state index is 0.130. The second-order valence-corrected chi connectivity index (χ2v) is 5.43. The van der Waals surface area contributed by atoms with Crippen LogP contribution in [0.3, 0.4) is 0 Å². The number of aliphatic hydroxyl groups is 1. The molecule has 0 bridgehead atoms. The molecule has 1 unspecified atom stereocenters. The van der Waals surface area contributed by atoms with Crippen molar-refractivity contribution in [3.05, 3.63) is 0 Å². The van der Waals surface area contributed by atoms with Crippen LogP contribution in [-0.4, -0.2) is 48.3 Å². The number of nitrogens with zero attached hydrogens (tertiary/aromatic N) is 1. The topological polar surface area (TPSA) is 49.8 Å². The first-order valence-corrected chi connectivity index (χ1v) is 6.55. The maximum Gasteiger partial charge on any atom is 0.320 e. The number of esters is 1. The Morgan fingerprint density at radius 2 is 1.94 bits per heavy atom. The van der Waals surface area contributed by atoms with Crippen molar-refractivity contribution in [2.24, 2.45) is 11.8 Å². The molecular formula is C13H25NO3. The van der Waals surface area contributed by atoms with Gasteiger partial charge >= 0.3 is 5.97 Å². The summed E-state index contributed by atoms with van der Waals surface area (Å²) in [6.07, 6.45) is 1.70. The third-order valence-corrected chi connectivity index (χ3v) is 3.24. The summed E-state index contributed by atoms with van der Waals surface area (Å²) < 4.78 is 5.15. The Morgan fingerprint density at radius 3 is 2.41 bits per heavy atom. The molecule has 0 aromatic carbocycles. The molecule has 100 valence electrons. The summed E-state index contributed by atoms with van der Waals surface area (Å²) in [4.78, 5) is 13.6. The van der Waals surface area contributed by atoms with Crippen molar-refractivity contribution in [1.29, 1.82) is 0 Å². The van der Waals surface area contributed by atoms with Gasteiger partial charge in [0.1, 0.15) is 0 Å². The van der Waals surface area contributed by atoms with Gasteiger partial charge in [0.25, 0.3) is 0 Å². The molecule has 0 aromatic rings. The molecule has 17 heavy (non-hydrogen) atoms. The summed E-state index contributed by atoms with van der Waals surface area (Å²) in [7, 11) is 0. The Morgan fingerprint density at radius 1 is 1.35 bits per heavy atom. The number of aliphatic hydroxyl groups excluding tert-OH is 1. The van der Waals surface area contributed by atoms with Crippen LogP contribution in [-0.2, 0) is 9.53 Å². The van der Waals surface area contributed by atoms with E-state index in [1.54, 1.807) is 0 Å². The van der Waals surface area contributed by atoms with Crippen molar-refractivity contribution in [2.45, 2.75) is 39.7 Å². The fourth-order valence-corrected chi connectivity index (χ4v) is 2.08. The predicted octanol–water partition coefficient (Wildman–Crippen LogP) is 1.28. The lowest BCUT2D eigenvalue weighted by Gasteiger charge is -2.32. The average molecular weight is 243 g/mol. The molecule has 1 heterocycles. The van der Waals surface area contributed by atoms with E-state index in [4.69, 9.17) is 4.74 Å². The summed E-state index contributed by atoms with van der Waals surface area (Å²) in [5, 5.41) is 9.48. The lowest BCUT2D eigenvalue weighted by molar-refractivity contribution is -0.146. The molecule has 1 fully saturated rings. The summed E-state index contributed by atoms with van der Waals surface area (Å²) >= 11 is 0. The molecular weight excluding hydrogens is 218 g/mol. The Labute approximate surface area is 104 Å². The van der Waals surface area contributed by atoms with E-state index in [0.717, 1.165) is 25.9 Å². The second-order valence-electron chi connectivity index (χ2n) is 5.43. The Balaban J connectivity index is 2.19. The van der Waals surface area contributed by atoms with Crippen LogP contribution in [0, 0.1) is 11.8 Å². The van der Waals surface area contributed by atoms with Crippen molar-refractivity contribution < 1.29 is 14.6 Å². The van der Waals surface area contributed by atoms with Crippen molar-refractivity contribution in [2.75, 3.05) is 26.2 Å². The van der Waals surface area contributed by atoms with Crippen LogP contribution in [0.2, 0.25) is 0 Å².